The zero-order valence-corrected chi connectivity index (χ0v) is 17.7. The number of nitrogens with zero attached hydrogens (tertiary/aromatic N) is 2. The number of hydrogen-bond donors (Lipinski definition) is 1. The molecule has 0 fully saturated rings. The number of methoxy groups -OCH3 is 2. The van der Waals surface area contributed by atoms with Gasteiger partial charge >= 0.3 is 0 Å². The van der Waals surface area contributed by atoms with Crippen LogP contribution in [0.2, 0.25) is 0 Å². The molecule has 0 aliphatic carbocycles. The van der Waals surface area contributed by atoms with Crippen molar-refractivity contribution in [1.29, 1.82) is 0 Å². The fourth-order valence-corrected chi connectivity index (χ4v) is 3.29. The second-order valence-electron chi connectivity index (χ2n) is 6.66. The maximum absolute atomic E-state index is 5.77. The van der Waals surface area contributed by atoms with E-state index in [0.717, 1.165) is 33.9 Å². The number of thiocarbonyl (C=S) groups is 1. The highest BCUT2D eigenvalue weighted by atomic mass is 32.1. The number of benzene rings is 2. The van der Waals surface area contributed by atoms with Crippen LogP contribution in [0.15, 0.2) is 67.0 Å². The molecule has 3 aromatic rings. The van der Waals surface area contributed by atoms with Crippen LogP contribution >= 0.6 is 12.2 Å². The Kier molecular flexibility index (Phi) is 7.03. The molecule has 1 heterocycles. The quantitative estimate of drug-likeness (QED) is 0.568. The smallest absolute Gasteiger partial charge is 0.174 e. The number of anilines is 1. The van der Waals surface area contributed by atoms with Crippen LogP contribution in [-0.2, 0) is 13.1 Å². The molecule has 0 amide bonds. The average Bonchev–Trinajstić information content (AvgIpc) is 2.75. The molecule has 5 nitrogen and oxygen atoms in total. The molecular weight excluding hydrogens is 382 g/mol. The molecular formula is C23H25N3O2S. The molecule has 29 heavy (non-hydrogen) atoms. The van der Waals surface area contributed by atoms with E-state index in [-0.39, 0.29) is 0 Å². The largest absolute Gasteiger partial charge is 0.496 e. The Morgan fingerprint density at radius 3 is 2.52 bits per heavy atom. The van der Waals surface area contributed by atoms with Gasteiger partial charge in [0.1, 0.15) is 11.5 Å². The Morgan fingerprint density at radius 2 is 1.79 bits per heavy atom. The number of hydrogen-bond acceptors (Lipinski definition) is 4. The monoisotopic (exact) mass is 407 g/mol. The molecule has 0 saturated carbocycles. The zero-order valence-electron chi connectivity index (χ0n) is 16.9. The van der Waals surface area contributed by atoms with Gasteiger partial charge in [-0.1, -0.05) is 30.3 Å². The normalized spacial score (nSPS) is 10.3. The molecule has 0 aliphatic rings. The van der Waals surface area contributed by atoms with Crippen LogP contribution < -0.4 is 14.8 Å². The number of rotatable bonds is 7. The molecule has 0 unspecified atom stereocenters. The minimum atomic E-state index is 0.596. The van der Waals surface area contributed by atoms with Gasteiger partial charge in [-0.25, -0.2) is 0 Å². The van der Waals surface area contributed by atoms with Crippen LogP contribution in [0, 0.1) is 6.92 Å². The third-order valence-electron chi connectivity index (χ3n) is 4.54. The minimum absolute atomic E-state index is 0.596. The molecule has 0 radical (unpaired) electrons. The second kappa shape index (κ2) is 9.89. The fourth-order valence-electron chi connectivity index (χ4n) is 3.05. The van der Waals surface area contributed by atoms with Gasteiger partial charge in [0.15, 0.2) is 5.11 Å². The van der Waals surface area contributed by atoms with Crippen molar-refractivity contribution in [1.82, 2.24) is 9.88 Å². The summed E-state index contributed by atoms with van der Waals surface area (Å²) in [6.07, 6.45) is 3.62. The standard InChI is InChI=1S/C23H25N3O2S/c1-17-10-11-20(22(13-17)28-3)25-23(29)26(15-18-7-6-12-24-14-18)16-19-8-4-5-9-21(19)27-2/h4-14H,15-16H2,1-3H3,(H,25,29). The van der Waals surface area contributed by atoms with Gasteiger partial charge in [-0.15, -0.1) is 0 Å². The van der Waals surface area contributed by atoms with E-state index in [0.29, 0.717) is 18.2 Å². The summed E-state index contributed by atoms with van der Waals surface area (Å²) >= 11 is 5.77. The van der Waals surface area contributed by atoms with Crippen molar-refractivity contribution in [3.05, 3.63) is 83.7 Å². The highest BCUT2D eigenvalue weighted by molar-refractivity contribution is 7.80. The summed E-state index contributed by atoms with van der Waals surface area (Å²) < 4.78 is 11.0. The van der Waals surface area contributed by atoms with Crippen LogP contribution in [0.3, 0.4) is 0 Å². The van der Waals surface area contributed by atoms with E-state index in [1.165, 1.54) is 0 Å². The number of ether oxygens (including phenoxy) is 2. The van der Waals surface area contributed by atoms with Crippen molar-refractivity contribution in [3.63, 3.8) is 0 Å². The Labute approximate surface area is 177 Å². The Morgan fingerprint density at radius 1 is 1.00 bits per heavy atom. The van der Waals surface area contributed by atoms with Crippen molar-refractivity contribution < 1.29 is 9.47 Å². The lowest BCUT2D eigenvalue weighted by Gasteiger charge is -2.27. The molecule has 0 atom stereocenters. The van der Waals surface area contributed by atoms with Crippen molar-refractivity contribution >= 4 is 23.0 Å². The average molecular weight is 408 g/mol. The molecule has 150 valence electrons. The number of para-hydroxylation sites is 1. The molecule has 0 saturated heterocycles. The predicted molar refractivity (Wildman–Crippen MR) is 120 cm³/mol. The van der Waals surface area contributed by atoms with Gasteiger partial charge in [-0.2, -0.15) is 0 Å². The van der Waals surface area contributed by atoms with Crippen LogP contribution in [0.1, 0.15) is 16.7 Å². The summed E-state index contributed by atoms with van der Waals surface area (Å²) in [7, 11) is 3.34. The number of aromatic nitrogens is 1. The lowest BCUT2D eigenvalue weighted by atomic mass is 10.1. The van der Waals surface area contributed by atoms with Gasteiger partial charge < -0.3 is 19.7 Å². The van der Waals surface area contributed by atoms with Crippen LogP contribution in [-0.4, -0.2) is 29.2 Å². The van der Waals surface area contributed by atoms with E-state index in [2.05, 4.69) is 15.2 Å². The van der Waals surface area contributed by atoms with Crippen LogP contribution in [0.25, 0.3) is 0 Å². The third-order valence-corrected chi connectivity index (χ3v) is 4.90. The molecule has 1 aromatic heterocycles. The summed E-state index contributed by atoms with van der Waals surface area (Å²) in [5.74, 6) is 1.59. The SMILES string of the molecule is COc1ccccc1CN(Cc1cccnc1)C(=S)Nc1ccc(C)cc1OC. The highest BCUT2D eigenvalue weighted by Crippen LogP contribution is 2.27. The maximum Gasteiger partial charge on any atom is 0.174 e. The van der Waals surface area contributed by atoms with E-state index in [1.807, 2.05) is 67.7 Å². The Hall–Kier alpha value is -3.12. The molecule has 1 N–H and O–H groups in total. The van der Waals surface area contributed by atoms with E-state index in [4.69, 9.17) is 21.7 Å². The molecule has 0 aliphatic heterocycles. The van der Waals surface area contributed by atoms with Gasteiger partial charge in [0.25, 0.3) is 0 Å². The third kappa shape index (κ3) is 5.45. The lowest BCUT2D eigenvalue weighted by molar-refractivity contribution is 0.377. The van der Waals surface area contributed by atoms with Crippen LogP contribution in [0.4, 0.5) is 5.69 Å². The first-order valence-electron chi connectivity index (χ1n) is 9.32. The van der Waals surface area contributed by atoms with Crippen molar-refractivity contribution in [2.45, 2.75) is 20.0 Å². The van der Waals surface area contributed by atoms with Gasteiger partial charge in [-0.05, 0) is 54.5 Å². The number of pyridine rings is 1. The van der Waals surface area contributed by atoms with Crippen molar-refractivity contribution in [2.24, 2.45) is 0 Å². The second-order valence-corrected chi connectivity index (χ2v) is 7.05. The predicted octanol–water partition coefficient (Wildman–Crippen LogP) is 4.81. The number of nitrogens with one attached hydrogen (secondary N) is 1. The Balaban J connectivity index is 1.86. The fraction of sp³-hybridized carbons (Fsp3) is 0.217. The molecule has 0 spiro atoms. The van der Waals surface area contributed by atoms with E-state index < -0.39 is 0 Å². The summed E-state index contributed by atoms with van der Waals surface area (Å²) in [5.41, 5.74) is 4.08. The first-order chi connectivity index (χ1) is 14.1. The summed E-state index contributed by atoms with van der Waals surface area (Å²) in [6, 6.07) is 17.9. The van der Waals surface area contributed by atoms with Crippen LogP contribution in [0.5, 0.6) is 11.5 Å². The summed E-state index contributed by atoms with van der Waals surface area (Å²) in [6.45, 7) is 3.24. The van der Waals surface area contributed by atoms with Crippen molar-refractivity contribution in [2.75, 3.05) is 19.5 Å². The number of aryl methyl sites for hydroxylation is 1. The summed E-state index contributed by atoms with van der Waals surface area (Å²) in [5, 5.41) is 3.94. The molecule has 0 bridgehead atoms. The first kappa shape index (κ1) is 20.6. The lowest BCUT2D eigenvalue weighted by Crippen LogP contribution is -2.34. The molecule has 2 aromatic carbocycles. The van der Waals surface area contributed by atoms with E-state index in [9.17, 15) is 0 Å². The minimum Gasteiger partial charge on any atom is -0.496 e. The van der Waals surface area contributed by atoms with E-state index in [1.54, 1.807) is 20.4 Å². The van der Waals surface area contributed by atoms with Crippen molar-refractivity contribution in [3.8, 4) is 11.5 Å². The molecule has 6 heteroatoms. The Bertz CT molecular complexity index is 963. The highest BCUT2D eigenvalue weighted by Gasteiger charge is 2.15. The summed E-state index contributed by atoms with van der Waals surface area (Å²) in [4.78, 5) is 6.31. The topological polar surface area (TPSA) is 46.6 Å². The van der Waals surface area contributed by atoms with Gasteiger partial charge in [0, 0.05) is 31.0 Å². The van der Waals surface area contributed by atoms with E-state index >= 15 is 0 Å². The van der Waals surface area contributed by atoms with Gasteiger partial charge in [0.2, 0.25) is 0 Å². The zero-order chi connectivity index (χ0) is 20.6. The first-order valence-corrected chi connectivity index (χ1v) is 9.73. The maximum atomic E-state index is 5.77. The van der Waals surface area contributed by atoms with Gasteiger partial charge in [-0.3, -0.25) is 4.98 Å². The van der Waals surface area contributed by atoms with Gasteiger partial charge in [0.05, 0.1) is 19.9 Å². The molecule has 3 rings (SSSR count).